The number of aryl methyl sites for hydroxylation is 1. The molecule has 2 rings (SSSR count). The van der Waals surface area contributed by atoms with Gasteiger partial charge in [-0.3, -0.25) is 9.59 Å². The lowest BCUT2D eigenvalue weighted by Crippen LogP contribution is -2.34. The van der Waals surface area contributed by atoms with Crippen molar-refractivity contribution in [2.45, 2.75) is 32.6 Å². The van der Waals surface area contributed by atoms with Gasteiger partial charge in [-0.2, -0.15) is 0 Å². The number of benzene rings is 2. The summed E-state index contributed by atoms with van der Waals surface area (Å²) in [6.07, 6.45) is 0.624. The van der Waals surface area contributed by atoms with Gasteiger partial charge in [0.2, 0.25) is 5.91 Å². The summed E-state index contributed by atoms with van der Waals surface area (Å²) in [6.45, 7) is 4.12. The molecule has 0 aliphatic carbocycles. The molecule has 2 atom stereocenters. The van der Waals surface area contributed by atoms with Crippen LogP contribution in [-0.4, -0.2) is 30.6 Å². The Morgan fingerprint density at radius 1 is 1.11 bits per heavy atom. The quantitative estimate of drug-likeness (QED) is 0.709. The molecule has 0 aromatic heterocycles. The zero-order valence-corrected chi connectivity index (χ0v) is 16.1. The Bertz CT molecular complexity index is 787. The number of carboxylic acid groups (broad SMARTS) is 1. The van der Waals surface area contributed by atoms with Crippen LogP contribution in [0.4, 0.5) is 0 Å². The van der Waals surface area contributed by atoms with Crippen molar-refractivity contribution in [1.29, 1.82) is 0 Å². The second-order valence-corrected chi connectivity index (χ2v) is 6.82. The Hall–Kier alpha value is -2.82. The third kappa shape index (κ3) is 5.84. The summed E-state index contributed by atoms with van der Waals surface area (Å²) >= 11 is 0. The summed E-state index contributed by atoms with van der Waals surface area (Å²) in [5.74, 6) is -1.06. The minimum Gasteiger partial charge on any atom is -0.496 e. The van der Waals surface area contributed by atoms with E-state index in [9.17, 15) is 14.7 Å². The van der Waals surface area contributed by atoms with E-state index in [1.54, 1.807) is 13.2 Å². The Kier molecular flexibility index (Phi) is 7.41. The molecule has 2 N–H and O–H groups in total. The van der Waals surface area contributed by atoms with Crippen LogP contribution in [0, 0.1) is 12.8 Å². The van der Waals surface area contributed by atoms with Crippen molar-refractivity contribution in [3.05, 3.63) is 65.2 Å². The van der Waals surface area contributed by atoms with Crippen LogP contribution >= 0.6 is 0 Å². The van der Waals surface area contributed by atoms with Gasteiger partial charge in [-0.1, -0.05) is 49.4 Å². The molecule has 144 valence electrons. The highest BCUT2D eigenvalue weighted by molar-refractivity contribution is 5.78. The Labute approximate surface area is 160 Å². The maximum absolute atomic E-state index is 12.3. The molecule has 0 fully saturated rings. The number of rotatable bonds is 9. The van der Waals surface area contributed by atoms with E-state index in [1.165, 1.54) is 0 Å². The van der Waals surface area contributed by atoms with Gasteiger partial charge in [0.25, 0.3) is 0 Å². The van der Waals surface area contributed by atoms with Gasteiger partial charge < -0.3 is 15.2 Å². The van der Waals surface area contributed by atoms with Crippen LogP contribution in [0.5, 0.6) is 5.75 Å². The lowest BCUT2D eigenvalue weighted by molar-refractivity contribution is -0.141. The van der Waals surface area contributed by atoms with E-state index < -0.39 is 11.9 Å². The third-order valence-corrected chi connectivity index (χ3v) is 4.76. The largest absolute Gasteiger partial charge is 0.496 e. The number of carboxylic acids is 1. The van der Waals surface area contributed by atoms with Crippen LogP contribution in [0.3, 0.4) is 0 Å². The summed E-state index contributed by atoms with van der Waals surface area (Å²) < 4.78 is 5.28. The predicted molar refractivity (Wildman–Crippen MR) is 105 cm³/mol. The van der Waals surface area contributed by atoms with Gasteiger partial charge >= 0.3 is 5.97 Å². The van der Waals surface area contributed by atoms with Crippen molar-refractivity contribution in [3.8, 4) is 5.75 Å². The van der Waals surface area contributed by atoms with E-state index in [0.717, 1.165) is 16.7 Å². The van der Waals surface area contributed by atoms with E-state index in [0.29, 0.717) is 18.6 Å². The van der Waals surface area contributed by atoms with Crippen LogP contribution < -0.4 is 10.1 Å². The van der Waals surface area contributed by atoms with Crippen molar-refractivity contribution >= 4 is 11.9 Å². The number of para-hydroxylation sites is 1. The standard InChI is InChI=1S/C22H27NO4/c1-15-8-4-6-10-19(15)16(2)12-21(24)23-14-18(22(25)26)13-17-9-5-7-11-20(17)27-3/h4-11,16,18H,12-14H2,1-3H3,(H,23,24)(H,25,26). The summed E-state index contributed by atoms with van der Waals surface area (Å²) in [7, 11) is 1.56. The fourth-order valence-electron chi connectivity index (χ4n) is 3.22. The highest BCUT2D eigenvalue weighted by Gasteiger charge is 2.21. The summed E-state index contributed by atoms with van der Waals surface area (Å²) in [4.78, 5) is 23.9. The molecule has 5 heteroatoms. The number of hydrogen-bond acceptors (Lipinski definition) is 3. The number of nitrogens with one attached hydrogen (secondary N) is 1. The van der Waals surface area contributed by atoms with Crippen LogP contribution in [0.2, 0.25) is 0 Å². The summed E-state index contributed by atoms with van der Waals surface area (Å²) in [6, 6.07) is 15.3. The fourth-order valence-corrected chi connectivity index (χ4v) is 3.22. The first-order valence-corrected chi connectivity index (χ1v) is 9.09. The first-order valence-electron chi connectivity index (χ1n) is 9.09. The van der Waals surface area contributed by atoms with Gasteiger partial charge in [0, 0.05) is 13.0 Å². The number of hydrogen-bond donors (Lipinski definition) is 2. The molecule has 0 aliphatic rings. The molecule has 5 nitrogen and oxygen atoms in total. The smallest absolute Gasteiger partial charge is 0.308 e. The van der Waals surface area contributed by atoms with Crippen molar-refractivity contribution in [2.75, 3.05) is 13.7 Å². The minimum atomic E-state index is -0.937. The maximum Gasteiger partial charge on any atom is 0.308 e. The first kappa shape index (κ1) is 20.5. The van der Waals surface area contributed by atoms with E-state index in [4.69, 9.17) is 4.74 Å². The topological polar surface area (TPSA) is 75.6 Å². The average Bonchev–Trinajstić information content (AvgIpc) is 2.65. The lowest BCUT2D eigenvalue weighted by atomic mass is 9.93. The molecule has 0 radical (unpaired) electrons. The van der Waals surface area contributed by atoms with E-state index in [-0.39, 0.29) is 18.4 Å². The Morgan fingerprint density at radius 2 is 1.78 bits per heavy atom. The highest BCUT2D eigenvalue weighted by Crippen LogP contribution is 2.23. The average molecular weight is 369 g/mol. The molecule has 2 aromatic carbocycles. The van der Waals surface area contributed by atoms with E-state index in [2.05, 4.69) is 5.32 Å². The number of methoxy groups -OCH3 is 1. The van der Waals surface area contributed by atoms with Gasteiger partial charge in [-0.25, -0.2) is 0 Å². The fraction of sp³-hybridized carbons (Fsp3) is 0.364. The van der Waals surface area contributed by atoms with Gasteiger partial charge in [-0.15, -0.1) is 0 Å². The molecule has 0 aliphatic heterocycles. The SMILES string of the molecule is COc1ccccc1CC(CNC(=O)CC(C)c1ccccc1C)C(=O)O. The lowest BCUT2D eigenvalue weighted by Gasteiger charge is -2.17. The van der Waals surface area contributed by atoms with Crippen LogP contribution in [0.1, 0.15) is 36.0 Å². The van der Waals surface area contributed by atoms with E-state index in [1.807, 2.05) is 56.3 Å². The first-order chi connectivity index (χ1) is 12.9. The number of carbonyl (C=O) groups excluding carboxylic acids is 1. The van der Waals surface area contributed by atoms with E-state index >= 15 is 0 Å². The molecule has 0 bridgehead atoms. The zero-order valence-electron chi connectivity index (χ0n) is 16.1. The minimum absolute atomic E-state index is 0.0729. The maximum atomic E-state index is 12.3. The molecular formula is C22H27NO4. The number of aliphatic carboxylic acids is 1. The highest BCUT2D eigenvalue weighted by atomic mass is 16.5. The van der Waals surface area contributed by atoms with Gasteiger partial charge in [-0.05, 0) is 42.0 Å². The summed E-state index contributed by atoms with van der Waals surface area (Å²) in [5.41, 5.74) is 3.10. The molecular weight excluding hydrogens is 342 g/mol. The monoisotopic (exact) mass is 369 g/mol. The third-order valence-electron chi connectivity index (χ3n) is 4.76. The Balaban J connectivity index is 1.94. The second-order valence-electron chi connectivity index (χ2n) is 6.82. The number of carbonyl (C=O) groups is 2. The van der Waals surface area contributed by atoms with Crippen molar-refractivity contribution in [2.24, 2.45) is 5.92 Å². The van der Waals surface area contributed by atoms with Crippen LogP contribution in [0.25, 0.3) is 0 Å². The normalized spacial score (nSPS) is 12.9. The van der Waals surface area contributed by atoms with Crippen LogP contribution in [0.15, 0.2) is 48.5 Å². The molecule has 0 heterocycles. The van der Waals surface area contributed by atoms with Gasteiger partial charge in [0.1, 0.15) is 5.75 Å². The van der Waals surface area contributed by atoms with Gasteiger partial charge in [0.15, 0.2) is 0 Å². The molecule has 0 spiro atoms. The molecule has 27 heavy (non-hydrogen) atoms. The number of amides is 1. The predicted octanol–water partition coefficient (Wildman–Crippen LogP) is 3.56. The molecule has 0 saturated carbocycles. The summed E-state index contributed by atoms with van der Waals surface area (Å²) in [5, 5.41) is 12.3. The number of ether oxygens (including phenoxy) is 1. The zero-order chi connectivity index (χ0) is 19.8. The van der Waals surface area contributed by atoms with Gasteiger partial charge in [0.05, 0.1) is 13.0 Å². The van der Waals surface area contributed by atoms with Crippen molar-refractivity contribution < 1.29 is 19.4 Å². The molecule has 1 amide bonds. The second kappa shape index (κ2) is 9.76. The molecule has 0 saturated heterocycles. The van der Waals surface area contributed by atoms with Crippen molar-refractivity contribution in [1.82, 2.24) is 5.32 Å². The molecule has 2 unspecified atom stereocenters. The Morgan fingerprint density at radius 3 is 2.44 bits per heavy atom. The molecule has 2 aromatic rings. The van der Waals surface area contributed by atoms with Crippen molar-refractivity contribution in [3.63, 3.8) is 0 Å². The van der Waals surface area contributed by atoms with Crippen LogP contribution in [-0.2, 0) is 16.0 Å².